The van der Waals surface area contributed by atoms with Crippen molar-refractivity contribution in [2.45, 2.75) is 6.92 Å². The Hall–Kier alpha value is -3.89. The molecule has 10 nitrogen and oxygen atoms in total. The lowest BCUT2D eigenvalue weighted by Crippen LogP contribution is -2.38. The minimum Gasteiger partial charge on any atom is -0.491 e. The van der Waals surface area contributed by atoms with Crippen LogP contribution in [0.4, 0.5) is 17.2 Å². The Kier molecular flexibility index (Phi) is 6.68. The van der Waals surface area contributed by atoms with Gasteiger partial charge in [0.05, 0.1) is 54.2 Å². The molecule has 4 N–H and O–H groups in total. The third-order valence-electron chi connectivity index (χ3n) is 5.46. The van der Waals surface area contributed by atoms with Crippen LogP contribution >= 0.6 is 0 Å². The van der Waals surface area contributed by atoms with Crippen LogP contribution in [0.1, 0.15) is 6.92 Å². The molecular weight excluding hydrogens is 432 g/mol. The molecule has 0 radical (unpaired) electrons. The number of morpholine rings is 1. The first-order chi connectivity index (χ1) is 16.7. The van der Waals surface area contributed by atoms with Gasteiger partial charge in [0.1, 0.15) is 24.0 Å². The summed E-state index contributed by atoms with van der Waals surface area (Å²) in [6, 6.07) is 7.75. The lowest BCUT2D eigenvalue weighted by molar-refractivity contribution is 0.0322. The summed E-state index contributed by atoms with van der Waals surface area (Å²) in [5, 5.41) is 6.62. The highest BCUT2D eigenvalue weighted by Crippen LogP contribution is 2.23. The molecule has 5 rings (SSSR count). The Morgan fingerprint density at radius 1 is 1.06 bits per heavy atom. The number of allylic oxidation sites excluding steroid dienone is 2. The summed E-state index contributed by atoms with van der Waals surface area (Å²) in [4.78, 5) is 15.9. The molecule has 176 valence electrons. The fraction of sp³-hybridized carbons (Fsp3) is 0.292. The van der Waals surface area contributed by atoms with Gasteiger partial charge in [0.2, 0.25) is 0 Å². The zero-order valence-electron chi connectivity index (χ0n) is 19.0. The number of hydrogen-bond acceptors (Lipinski definition) is 10. The van der Waals surface area contributed by atoms with E-state index in [1.807, 2.05) is 43.5 Å². The van der Waals surface area contributed by atoms with E-state index in [4.69, 9.17) is 14.5 Å². The van der Waals surface area contributed by atoms with E-state index in [-0.39, 0.29) is 0 Å². The van der Waals surface area contributed by atoms with E-state index < -0.39 is 0 Å². The third kappa shape index (κ3) is 5.72. The summed E-state index contributed by atoms with van der Waals surface area (Å²) in [7, 11) is 0. The Labute approximate surface area is 198 Å². The molecule has 2 aliphatic rings. The van der Waals surface area contributed by atoms with Crippen LogP contribution in [0.3, 0.4) is 0 Å². The van der Waals surface area contributed by atoms with E-state index in [9.17, 15) is 0 Å². The average molecular weight is 461 g/mol. The fourth-order valence-electron chi connectivity index (χ4n) is 3.73. The number of anilines is 3. The van der Waals surface area contributed by atoms with Crippen LogP contribution in [0, 0.1) is 0 Å². The van der Waals surface area contributed by atoms with Gasteiger partial charge in [-0.1, -0.05) is 0 Å². The van der Waals surface area contributed by atoms with Crippen molar-refractivity contribution in [2.24, 2.45) is 0 Å². The molecule has 3 aromatic rings. The van der Waals surface area contributed by atoms with Gasteiger partial charge < -0.3 is 25.5 Å². The molecule has 0 unspecified atom stereocenters. The molecule has 5 heterocycles. The highest BCUT2D eigenvalue weighted by atomic mass is 16.5. The van der Waals surface area contributed by atoms with Crippen molar-refractivity contribution in [2.75, 3.05) is 50.1 Å². The first kappa shape index (κ1) is 21.9. The molecule has 2 aliphatic heterocycles. The number of nitrogens with one attached hydrogen (secondary N) is 4. The van der Waals surface area contributed by atoms with Gasteiger partial charge in [-0.15, -0.1) is 0 Å². The van der Waals surface area contributed by atoms with Gasteiger partial charge in [0, 0.05) is 31.9 Å². The molecule has 3 aromatic heterocycles. The predicted octanol–water partition coefficient (Wildman–Crippen LogP) is 2.74. The normalized spacial score (nSPS) is 16.1. The van der Waals surface area contributed by atoms with Gasteiger partial charge in [0.15, 0.2) is 0 Å². The first-order valence-electron chi connectivity index (χ1n) is 11.3. The topological polar surface area (TPSA) is 108 Å². The number of hydrazine groups is 1. The quantitative estimate of drug-likeness (QED) is 0.401. The summed E-state index contributed by atoms with van der Waals surface area (Å²) < 4.78 is 11.3. The molecule has 0 amide bonds. The second-order valence-electron chi connectivity index (χ2n) is 8.14. The van der Waals surface area contributed by atoms with Crippen molar-refractivity contribution in [1.82, 2.24) is 30.7 Å². The van der Waals surface area contributed by atoms with Gasteiger partial charge in [-0.25, -0.2) is 4.98 Å². The number of fused-ring (bicyclic) bond motifs is 1. The molecular formula is C24H28N8O2. The minimum absolute atomic E-state index is 0.610. The number of hydrogen-bond donors (Lipinski definition) is 4. The zero-order chi connectivity index (χ0) is 23.2. The predicted molar refractivity (Wildman–Crippen MR) is 132 cm³/mol. The molecule has 1 fully saturated rings. The molecule has 0 aromatic carbocycles. The van der Waals surface area contributed by atoms with Crippen molar-refractivity contribution in [3.63, 3.8) is 0 Å². The lowest BCUT2D eigenvalue weighted by atomic mass is 10.2. The van der Waals surface area contributed by atoms with E-state index in [1.54, 1.807) is 18.6 Å². The van der Waals surface area contributed by atoms with Crippen LogP contribution in [0.2, 0.25) is 0 Å². The molecule has 0 bridgehead atoms. The first-order valence-corrected chi connectivity index (χ1v) is 11.3. The van der Waals surface area contributed by atoms with E-state index in [0.717, 1.165) is 78.2 Å². The summed E-state index contributed by atoms with van der Waals surface area (Å²) in [6.45, 7) is 6.97. The van der Waals surface area contributed by atoms with Gasteiger partial charge in [-0.05, 0) is 36.8 Å². The number of aromatic nitrogens is 3. The third-order valence-corrected chi connectivity index (χ3v) is 5.46. The maximum Gasteiger partial charge on any atom is 0.139 e. The van der Waals surface area contributed by atoms with Crippen molar-refractivity contribution < 1.29 is 9.47 Å². The highest BCUT2D eigenvalue weighted by Gasteiger charge is 2.10. The molecule has 1 saturated heterocycles. The van der Waals surface area contributed by atoms with Gasteiger partial charge >= 0.3 is 0 Å². The van der Waals surface area contributed by atoms with Crippen molar-refractivity contribution in [1.29, 1.82) is 0 Å². The molecule has 10 heteroatoms. The largest absolute Gasteiger partial charge is 0.491 e. The minimum atomic E-state index is 0.610. The Balaban J connectivity index is 1.23. The van der Waals surface area contributed by atoms with Gasteiger partial charge in [-0.3, -0.25) is 20.3 Å². The van der Waals surface area contributed by atoms with E-state index in [2.05, 4.69) is 36.4 Å². The van der Waals surface area contributed by atoms with Gasteiger partial charge in [-0.2, -0.15) is 0 Å². The summed E-state index contributed by atoms with van der Waals surface area (Å²) >= 11 is 0. The van der Waals surface area contributed by atoms with E-state index in [0.29, 0.717) is 6.61 Å². The van der Waals surface area contributed by atoms with Crippen LogP contribution in [0.15, 0.2) is 66.5 Å². The van der Waals surface area contributed by atoms with E-state index in [1.165, 1.54) is 0 Å². The Bertz CT molecular complexity index is 1210. The molecule has 0 atom stereocenters. The second-order valence-corrected chi connectivity index (χ2v) is 8.14. The maximum atomic E-state index is 5.91. The standard InChI is InChI=1S/C24H28N8O2/c1-17-10-24(31-27-13-17)30-23-3-2-21-22(29-23)12-19(15-26-21)28-18-11-20(16-25-14-18)34-9-6-32-4-7-33-8-5-32/h2-3,10-16,27-28,31H,4-9H2,1H3,(H,29,30). The van der Waals surface area contributed by atoms with Crippen molar-refractivity contribution in [3.05, 3.63) is 66.5 Å². The SMILES string of the molecule is CC1=CNNC(Nc2ccc3ncc(Nc4cncc(OCCN5CCOCC5)c4)cc3n2)=C1. The molecule has 34 heavy (non-hydrogen) atoms. The Morgan fingerprint density at radius 3 is 2.82 bits per heavy atom. The Morgan fingerprint density at radius 2 is 1.94 bits per heavy atom. The number of ether oxygens (including phenoxy) is 2. The monoisotopic (exact) mass is 460 g/mol. The van der Waals surface area contributed by atoms with Crippen LogP contribution in [-0.2, 0) is 4.74 Å². The summed E-state index contributed by atoms with van der Waals surface area (Å²) in [5.74, 6) is 2.27. The highest BCUT2D eigenvalue weighted by molar-refractivity contribution is 5.80. The van der Waals surface area contributed by atoms with Crippen molar-refractivity contribution >= 4 is 28.2 Å². The lowest BCUT2D eigenvalue weighted by Gasteiger charge is -2.26. The van der Waals surface area contributed by atoms with E-state index >= 15 is 0 Å². The smallest absolute Gasteiger partial charge is 0.139 e. The van der Waals surface area contributed by atoms with Crippen LogP contribution in [0.5, 0.6) is 5.75 Å². The number of rotatable bonds is 8. The van der Waals surface area contributed by atoms with Crippen LogP contribution < -0.4 is 26.2 Å². The number of pyridine rings is 3. The van der Waals surface area contributed by atoms with Gasteiger partial charge in [0.25, 0.3) is 0 Å². The summed E-state index contributed by atoms with van der Waals surface area (Å²) in [5.41, 5.74) is 10.4. The molecule has 0 spiro atoms. The van der Waals surface area contributed by atoms with Crippen LogP contribution in [-0.4, -0.2) is 59.3 Å². The maximum absolute atomic E-state index is 5.91. The number of nitrogens with zero attached hydrogens (tertiary/aromatic N) is 4. The average Bonchev–Trinajstić information content (AvgIpc) is 2.85. The zero-order valence-corrected chi connectivity index (χ0v) is 19.0. The second kappa shape index (κ2) is 10.4. The molecule has 0 saturated carbocycles. The fourth-order valence-corrected chi connectivity index (χ4v) is 3.73. The van der Waals surface area contributed by atoms with Crippen LogP contribution in [0.25, 0.3) is 11.0 Å². The molecule has 0 aliphatic carbocycles. The van der Waals surface area contributed by atoms with Crippen molar-refractivity contribution in [3.8, 4) is 5.75 Å². The summed E-state index contributed by atoms with van der Waals surface area (Å²) in [6.07, 6.45) is 9.16.